The molecule has 5 aromatic rings. The van der Waals surface area contributed by atoms with E-state index in [0.29, 0.717) is 16.3 Å². The number of ether oxygens (including phenoxy) is 2. The van der Waals surface area contributed by atoms with Crippen LogP contribution in [0.2, 0.25) is 0 Å². The Labute approximate surface area is 327 Å². The Morgan fingerprint density at radius 2 is 1.14 bits per heavy atom. The number of guanidine groups is 1. The van der Waals surface area contributed by atoms with Crippen molar-refractivity contribution < 1.29 is 41.1 Å². The van der Waals surface area contributed by atoms with Gasteiger partial charge in [0.2, 0.25) is 16.0 Å². The molecule has 0 spiro atoms. The molecule has 56 heavy (non-hydrogen) atoms. The SMILES string of the molecule is CC(C)(C)OC(=O)NC(=Nc1ccc(CC(NS(=O)(=O)c2cccc3ccccc23)P(=O)(Oc2ccccc2)Oc2ccccc2)cc1)NC(=O)OC(C)(C)C. The van der Waals surface area contributed by atoms with E-state index in [4.69, 9.17) is 18.5 Å². The number of nitrogens with zero attached hydrogens (tertiary/aromatic N) is 1. The molecule has 5 aromatic carbocycles. The van der Waals surface area contributed by atoms with Crippen molar-refractivity contribution in [1.82, 2.24) is 15.4 Å². The first-order valence-corrected chi connectivity index (χ1v) is 20.7. The summed E-state index contributed by atoms with van der Waals surface area (Å²) in [7, 11) is -8.81. The maximum absolute atomic E-state index is 15.1. The maximum atomic E-state index is 15.1. The molecule has 0 saturated heterocycles. The highest BCUT2D eigenvalue weighted by Crippen LogP contribution is 2.53. The fourth-order valence-corrected chi connectivity index (χ4v) is 9.03. The van der Waals surface area contributed by atoms with Crippen molar-refractivity contribution in [3.8, 4) is 11.5 Å². The van der Waals surface area contributed by atoms with Gasteiger partial charge >= 0.3 is 19.8 Å². The first kappa shape index (κ1) is 41.5. The molecule has 0 fully saturated rings. The molecule has 0 aliphatic carbocycles. The van der Waals surface area contributed by atoms with Gasteiger partial charge in [-0.15, -0.1) is 0 Å². The summed E-state index contributed by atoms with van der Waals surface area (Å²) >= 11 is 0. The normalized spacial score (nSPS) is 12.5. The number of sulfonamides is 1. The van der Waals surface area contributed by atoms with Gasteiger partial charge in [-0.1, -0.05) is 84.9 Å². The zero-order chi connectivity index (χ0) is 40.6. The van der Waals surface area contributed by atoms with E-state index < -0.39 is 46.8 Å². The van der Waals surface area contributed by atoms with E-state index in [-0.39, 0.29) is 34.5 Å². The molecule has 5 rings (SSSR count). The van der Waals surface area contributed by atoms with E-state index >= 15 is 4.57 Å². The number of aliphatic imine (C=N–C) groups is 1. The predicted molar refractivity (Wildman–Crippen MR) is 216 cm³/mol. The number of hydrogen-bond donors (Lipinski definition) is 3. The quantitative estimate of drug-likeness (QED) is 0.0670. The highest BCUT2D eigenvalue weighted by Gasteiger charge is 2.43. The van der Waals surface area contributed by atoms with Gasteiger partial charge in [-0.25, -0.2) is 27.6 Å². The number of fused-ring (bicyclic) bond motifs is 1. The van der Waals surface area contributed by atoms with E-state index in [9.17, 15) is 18.0 Å². The molecule has 1 atom stereocenters. The van der Waals surface area contributed by atoms with Crippen LogP contribution in [0.25, 0.3) is 10.8 Å². The molecule has 0 radical (unpaired) electrons. The molecule has 2 amide bonds. The zero-order valence-electron chi connectivity index (χ0n) is 31.9. The molecule has 0 aliphatic rings. The number of carbonyl (C=O) groups excluding carboxylic acids is 2. The molecular weight excluding hydrogens is 756 g/mol. The molecule has 13 nitrogen and oxygen atoms in total. The largest absolute Gasteiger partial charge is 0.448 e. The summed E-state index contributed by atoms with van der Waals surface area (Å²) in [5.41, 5.74) is -0.858. The Bertz CT molecular complexity index is 2240. The second-order valence-electron chi connectivity index (χ2n) is 14.5. The van der Waals surface area contributed by atoms with E-state index in [2.05, 4.69) is 20.3 Å². The topological polar surface area (TPSA) is 171 Å². The van der Waals surface area contributed by atoms with Gasteiger partial charge < -0.3 is 18.5 Å². The summed E-state index contributed by atoms with van der Waals surface area (Å²) in [4.78, 5) is 29.6. The van der Waals surface area contributed by atoms with Crippen molar-refractivity contribution in [1.29, 1.82) is 0 Å². The number of benzene rings is 5. The van der Waals surface area contributed by atoms with Crippen LogP contribution in [-0.2, 0) is 30.5 Å². The van der Waals surface area contributed by atoms with Crippen molar-refractivity contribution in [3.05, 3.63) is 133 Å². The molecule has 0 aromatic heterocycles. The molecule has 3 N–H and O–H groups in total. The minimum atomic E-state index is -4.46. The zero-order valence-corrected chi connectivity index (χ0v) is 33.6. The lowest BCUT2D eigenvalue weighted by Gasteiger charge is -2.28. The number of amides is 2. The second-order valence-corrected chi connectivity index (χ2v) is 18.3. The minimum Gasteiger partial charge on any atom is -0.444 e. The fraction of sp³-hybridized carbons (Fsp3) is 0.244. The molecule has 294 valence electrons. The fourth-order valence-electron chi connectivity index (χ4n) is 5.24. The summed E-state index contributed by atoms with van der Waals surface area (Å²) in [5.74, 6) is -1.32. The first-order valence-electron chi connectivity index (χ1n) is 17.6. The summed E-state index contributed by atoms with van der Waals surface area (Å²) < 4.78 is 69.2. The van der Waals surface area contributed by atoms with Crippen molar-refractivity contribution in [2.75, 3.05) is 0 Å². The smallest absolute Gasteiger partial charge is 0.444 e. The number of nitrogens with one attached hydrogen (secondary N) is 3. The maximum Gasteiger partial charge on any atom is 0.448 e. The number of hydrogen-bond acceptors (Lipinski definition) is 10. The van der Waals surface area contributed by atoms with Crippen LogP contribution in [0.5, 0.6) is 11.5 Å². The Hall–Kier alpha value is -5.69. The van der Waals surface area contributed by atoms with Gasteiger partial charge in [0.15, 0.2) is 5.78 Å². The Kier molecular flexibility index (Phi) is 12.9. The van der Waals surface area contributed by atoms with Gasteiger partial charge in [0.05, 0.1) is 10.6 Å². The number of carbonyl (C=O) groups is 2. The van der Waals surface area contributed by atoms with Crippen LogP contribution >= 0.6 is 7.60 Å². The number of rotatable bonds is 11. The molecule has 0 saturated carbocycles. The predicted octanol–water partition coefficient (Wildman–Crippen LogP) is 9.07. The van der Waals surface area contributed by atoms with E-state index in [1.807, 2.05) is 6.07 Å². The summed E-state index contributed by atoms with van der Waals surface area (Å²) in [5, 5.41) is 6.05. The third-order valence-corrected chi connectivity index (χ3v) is 11.2. The summed E-state index contributed by atoms with van der Waals surface area (Å²) in [6.07, 6.45) is -1.89. The average molecular weight is 801 g/mol. The lowest BCUT2D eigenvalue weighted by molar-refractivity contribution is 0.0545. The minimum absolute atomic E-state index is 0.0150. The molecule has 0 heterocycles. The van der Waals surface area contributed by atoms with Gasteiger partial charge in [-0.05, 0) is 95.0 Å². The average Bonchev–Trinajstić information content (AvgIpc) is 3.11. The molecule has 0 aliphatic heterocycles. The number of alkyl carbamates (subject to hydrolysis) is 2. The van der Waals surface area contributed by atoms with Crippen molar-refractivity contribution in [3.63, 3.8) is 0 Å². The molecule has 1 unspecified atom stereocenters. The Morgan fingerprint density at radius 1 is 0.661 bits per heavy atom. The third-order valence-electron chi connectivity index (χ3n) is 7.51. The monoisotopic (exact) mass is 800 g/mol. The van der Waals surface area contributed by atoms with Crippen molar-refractivity contribution >= 4 is 52.2 Å². The third kappa shape index (κ3) is 12.2. The summed E-state index contributed by atoms with van der Waals surface area (Å²) in [6.45, 7) is 10.1. The van der Waals surface area contributed by atoms with Crippen LogP contribution < -0.4 is 24.4 Å². The van der Waals surface area contributed by atoms with E-state index in [0.717, 1.165) is 0 Å². The highest BCUT2D eigenvalue weighted by atomic mass is 32.2. The lowest BCUT2D eigenvalue weighted by atomic mass is 10.1. The van der Waals surface area contributed by atoms with Gasteiger partial charge in [0, 0.05) is 11.8 Å². The van der Waals surface area contributed by atoms with Gasteiger partial charge in [0.1, 0.15) is 22.7 Å². The van der Waals surface area contributed by atoms with Crippen LogP contribution in [0.3, 0.4) is 0 Å². The van der Waals surface area contributed by atoms with Crippen molar-refractivity contribution in [2.24, 2.45) is 4.99 Å². The summed E-state index contributed by atoms with van der Waals surface area (Å²) in [6, 6.07) is 35.0. The molecule has 15 heteroatoms. The Balaban J connectivity index is 1.52. The molecular formula is C41H45N4O9PS. The first-order chi connectivity index (χ1) is 26.4. The second kappa shape index (κ2) is 17.4. The van der Waals surface area contributed by atoms with Gasteiger partial charge in [-0.2, -0.15) is 4.72 Å². The van der Waals surface area contributed by atoms with Gasteiger partial charge in [-0.3, -0.25) is 10.6 Å². The van der Waals surface area contributed by atoms with Crippen LogP contribution in [0.4, 0.5) is 15.3 Å². The number of para-hydroxylation sites is 2. The van der Waals surface area contributed by atoms with Gasteiger partial charge in [0.25, 0.3) is 0 Å². The highest BCUT2D eigenvalue weighted by molar-refractivity contribution is 7.90. The van der Waals surface area contributed by atoms with E-state index in [1.54, 1.807) is 157 Å². The van der Waals surface area contributed by atoms with Crippen LogP contribution in [0.15, 0.2) is 137 Å². The van der Waals surface area contributed by atoms with Crippen LogP contribution in [0, 0.1) is 0 Å². The van der Waals surface area contributed by atoms with Crippen molar-refractivity contribution in [2.45, 2.75) is 69.8 Å². The Morgan fingerprint density at radius 3 is 1.66 bits per heavy atom. The standard InChI is InChI=1S/C41H45N4O9PS/c1-40(2,3)51-38(46)43-37(44-39(47)52-41(4,5)6)42-31-26-24-29(25-27-31)28-36(45-56(49,50)35-23-15-17-30-16-13-14-22-34(30)35)55(48,53-32-18-9-7-10-19-32)54-33-20-11-8-12-21-33/h7-27,36,45H,28H2,1-6H3,(H2,42,43,44,46,47). The van der Waals surface area contributed by atoms with Crippen LogP contribution in [0.1, 0.15) is 47.1 Å². The van der Waals surface area contributed by atoms with E-state index in [1.165, 1.54) is 6.07 Å². The lowest BCUT2D eigenvalue weighted by Crippen LogP contribution is -2.47. The molecule has 0 bridgehead atoms. The van der Waals surface area contributed by atoms with Crippen LogP contribution in [-0.4, -0.2) is 43.5 Å².